The van der Waals surface area contributed by atoms with Crippen LogP contribution < -0.4 is 0 Å². The Kier molecular flexibility index (Phi) is 4.46. The summed E-state index contributed by atoms with van der Waals surface area (Å²) in [5, 5.41) is 13.0. The SMILES string of the molecule is Cc1sccc1C(O)C1(N(C)C)CCCCCC1. The molecule has 1 atom stereocenters. The smallest absolute Gasteiger partial charge is 0.0984 e. The fourth-order valence-electron chi connectivity index (χ4n) is 3.27. The molecule has 2 nitrogen and oxygen atoms in total. The van der Waals surface area contributed by atoms with Crippen LogP contribution in [0.15, 0.2) is 11.4 Å². The van der Waals surface area contributed by atoms with Gasteiger partial charge in [-0.25, -0.2) is 0 Å². The molecule has 102 valence electrons. The lowest BCUT2D eigenvalue weighted by Gasteiger charge is -2.43. The van der Waals surface area contributed by atoms with Gasteiger partial charge in [-0.1, -0.05) is 25.7 Å². The molecular weight excluding hydrogens is 242 g/mol. The second-order valence-electron chi connectivity index (χ2n) is 5.75. The summed E-state index contributed by atoms with van der Waals surface area (Å²) in [5.41, 5.74) is 1.07. The van der Waals surface area contributed by atoms with Gasteiger partial charge in [0.1, 0.15) is 0 Å². The van der Waals surface area contributed by atoms with Gasteiger partial charge in [-0.2, -0.15) is 0 Å². The van der Waals surface area contributed by atoms with E-state index in [2.05, 4.69) is 37.4 Å². The molecule has 0 aliphatic heterocycles. The number of hydrogen-bond donors (Lipinski definition) is 1. The fraction of sp³-hybridized carbons (Fsp3) is 0.733. The van der Waals surface area contributed by atoms with Gasteiger partial charge in [0.2, 0.25) is 0 Å². The van der Waals surface area contributed by atoms with Crippen LogP contribution in [-0.2, 0) is 0 Å². The van der Waals surface area contributed by atoms with E-state index in [-0.39, 0.29) is 11.6 Å². The maximum atomic E-state index is 10.9. The Morgan fingerprint density at radius 2 is 1.83 bits per heavy atom. The second-order valence-corrected chi connectivity index (χ2v) is 6.87. The molecular formula is C15H25NOS. The Balaban J connectivity index is 2.31. The number of aryl methyl sites for hydroxylation is 1. The highest BCUT2D eigenvalue weighted by atomic mass is 32.1. The molecule has 1 aromatic rings. The molecule has 0 saturated heterocycles. The van der Waals surface area contributed by atoms with E-state index in [1.165, 1.54) is 30.6 Å². The summed E-state index contributed by atoms with van der Waals surface area (Å²) >= 11 is 1.73. The third kappa shape index (κ3) is 2.49. The minimum atomic E-state index is -0.350. The van der Waals surface area contributed by atoms with Gasteiger partial charge in [-0.3, -0.25) is 0 Å². The zero-order chi connectivity index (χ0) is 13.2. The zero-order valence-corrected chi connectivity index (χ0v) is 12.6. The highest BCUT2D eigenvalue weighted by Crippen LogP contribution is 2.42. The summed E-state index contributed by atoms with van der Waals surface area (Å²) in [4.78, 5) is 3.52. The minimum absolute atomic E-state index is 0.0671. The Morgan fingerprint density at radius 3 is 2.28 bits per heavy atom. The average molecular weight is 267 g/mol. The third-order valence-electron chi connectivity index (χ3n) is 4.56. The molecule has 1 saturated carbocycles. The monoisotopic (exact) mass is 267 g/mol. The first-order valence-corrected chi connectivity index (χ1v) is 7.85. The molecule has 1 aromatic heterocycles. The molecule has 1 aliphatic carbocycles. The Bertz CT molecular complexity index is 378. The molecule has 0 radical (unpaired) electrons. The number of aliphatic hydroxyl groups excluding tert-OH is 1. The predicted octanol–water partition coefficient (Wildman–Crippen LogP) is 3.74. The number of likely N-dealkylation sites (N-methyl/N-ethyl adjacent to an activating group) is 1. The first-order valence-electron chi connectivity index (χ1n) is 6.97. The Hall–Kier alpha value is -0.380. The molecule has 1 aliphatic rings. The Labute approximate surface area is 115 Å². The van der Waals surface area contributed by atoms with Crippen molar-refractivity contribution in [1.29, 1.82) is 0 Å². The summed E-state index contributed by atoms with van der Waals surface area (Å²) in [6, 6.07) is 2.10. The molecule has 0 spiro atoms. The van der Waals surface area contributed by atoms with Gasteiger partial charge in [-0.05, 0) is 50.9 Å². The van der Waals surface area contributed by atoms with Gasteiger partial charge in [0, 0.05) is 4.88 Å². The van der Waals surface area contributed by atoms with Crippen LogP contribution >= 0.6 is 11.3 Å². The molecule has 1 unspecified atom stereocenters. The van der Waals surface area contributed by atoms with Crippen molar-refractivity contribution in [1.82, 2.24) is 4.90 Å². The van der Waals surface area contributed by atoms with Crippen LogP contribution in [0.5, 0.6) is 0 Å². The van der Waals surface area contributed by atoms with Crippen molar-refractivity contribution in [3.8, 4) is 0 Å². The van der Waals surface area contributed by atoms with E-state index in [1.807, 2.05) is 0 Å². The lowest BCUT2D eigenvalue weighted by Crippen LogP contribution is -2.49. The van der Waals surface area contributed by atoms with Crippen molar-refractivity contribution in [3.63, 3.8) is 0 Å². The molecule has 18 heavy (non-hydrogen) atoms. The molecule has 3 heteroatoms. The van der Waals surface area contributed by atoms with Crippen LogP contribution in [0.2, 0.25) is 0 Å². The normalized spacial score (nSPS) is 21.8. The summed E-state index contributed by atoms with van der Waals surface area (Å²) < 4.78 is 0. The number of hydrogen-bond acceptors (Lipinski definition) is 3. The van der Waals surface area contributed by atoms with Gasteiger partial charge in [0.15, 0.2) is 0 Å². The van der Waals surface area contributed by atoms with Gasteiger partial charge >= 0.3 is 0 Å². The standard InChI is InChI=1S/C15H25NOS/c1-12-13(8-11-18-12)14(17)15(16(2)3)9-6-4-5-7-10-15/h8,11,14,17H,4-7,9-10H2,1-3H3. The summed E-state index contributed by atoms with van der Waals surface area (Å²) in [6.45, 7) is 2.11. The number of thiophene rings is 1. The molecule has 0 bridgehead atoms. The highest BCUT2D eigenvalue weighted by molar-refractivity contribution is 7.10. The maximum absolute atomic E-state index is 10.9. The van der Waals surface area contributed by atoms with Crippen molar-refractivity contribution in [3.05, 3.63) is 21.9 Å². The first-order chi connectivity index (χ1) is 8.58. The van der Waals surface area contributed by atoms with Crippen LogP contribution in [0.1, 0.15) is 55.1 Å². The van der Waals surface area contributed by atoms with Gasteiger partial charge < -0.3 is 10.0 Å². The maximum Gasteiger partial charge on any atom is 0.0984 e. The Morgan fingerprint density at radius 1 is 1.22 bits per heavy atom. The van der Waals surface area contributed by atoms with Gasteiger partial charge in [0.05, 0.1) is 11.6 Å². The number of nitrogens with zero attached hydrogens (tertiary/aromatic N) is 1. The van der Waals surface area contributed by atoms with Crippen molar-refractivity contribution in [2.24, 2.45) is 0 Å². The molecule has 1 N–H and O–H groups in total. The molecule has 1 fully saturated rings. The van der Waals surface area contributed by atoms with Crippen molar-refractivity contribution >= 4 is 11.3 Å². The topological polar surface area (TPSA) is 23.5 Å². The molecule has 2 rings (SSSR count). The second kappa shape index (κ2) is 5.72. The average Bonchev–Trinajstić information content (AvgIpc) is 2.63. The van der Waals surface area contributed by atoms with Crippen LogP contribution in [0, 0.1) is 6.92 Å². The van der Waals surface area contributed by atoms with E-state index >= 15 is 0 Å². The lowest BCUT2D eigenvalue weighted by atomic mass is 9.80. The minimum Gasteiger partial charge on any atom is -0.386 e. The molecule has 0 amide bonds. The van der Waals surface area contributed by atoms with Crippen LogP contribution in [0.3, 0.4) is 0 Å². The van der Waals surface area contributed by atoms with E-state index in [1.54, 1.807) is 11.3 Å². The highest BCUT2D eigenvalue weighted by Gasteiger charge is 2.41. The van der Waals surface area contributed by atoms with Crippen molar-refractivity contribution in [2.45, 2.75) is 57.1 Å². The number of aliphatic hydroxyl groups is 1. The summed E-state index contributed by atoms with van der Waals surface area (Å²) in [5.74, 6) is 0. The summed E-state index contributed by atoms with van der Waals surface area (Å²) in [7, 11) is 4.24. The zero-order valence-electron chi connectivity index (χ0n) is 11.8. The van der Waals surface area contributed by atoms with Gasteiger partial charge in [-0.15, -0.1) is 11.3 Å². The first kappa shape index (κ1) is 14.0. The van der Waals surface area contributed by atoms with E-state index < -0.39 is 0 Å². The molecule has 1 heterocycles. The van der Waals surface area contributed by atoms with Crippen LogP contribution in [0.4, 0.5) is 0 Å². The van der Waals surface area contributed by atoms with Crippen molar-refractivity contribution < 1.29 is 5.11 Å². The predicted molar refractivity (Wildman–Crippen MR) is 78.1 cm³/mol. The lowest BCUT2D eigenvalue weighted by molar-refractivity contribution is -0.0199. The quantitative estimate of drug-likeness (QED) is 0.843. The number of rotatable bonds is 3. The van der Waals surface area contributed by atoms with E-state index in [4.69, 9.17) is 0 Å². The van der Waals surface area contributed by atoms with E-state index in [0.29, 0.717) is 0 Å². The summed E-state index contributed by atoms with van der Waals surface area (Å²) in [6.07, 6.45) is 6.96. The third-order valence-corrected chi connectivity index (χ3v) is 5.42. The molecule has 0 aromatic carbocycles. The van der Waals surface area contributed by atoms with Gasteiger partial charge in [0.25, 0.3) is 0 Å². The van der Waals surface area contributed by atoms with E-state index in [0.717, 1.165) is 18.4 Å². The van der Waals surface area contributed by atoms with E-state index in [9.17, 15) is 5.11 Å². The van der Waals surface area contributed by atoms with Crippen LogP contribution in [-0.4, -0.2) is 29.6 Å². The largest absolute Gasteiger partial charge is 0.386 e. The fourth-order valence-corrected chi connectivity index (χ4v) is 4.01. The van der Waals surface area contributed by atoms with Crippen molar-refractivity contribution in [2.75, 3.05) is 14.1 Å². The van der Waals surface area contributed by atoms with Crippen LogP contribution in [0.25, 0.3) is 0 Å².